The summed E-state index contributed by atoms with van der Waals surface area (Å²) in [6.07, 6.45) is 0.711. The number of carbonyl (C=O) groups is 2. The van der Waals surface area contributed by atoms with Gasteiger partial charge < -0.3 is 25.2 Å². The summed E-state index contributed by atoms with van der Waals surface area (Å²) < 4.78 is 10.5. The number of ether oxygens (including phenoxy) is 2. The first-order chi connectivity index (χ1) is 7.58. The van der Waals surface area contributed by atoms with Crippen LogP contribution in [0.2, 0.25) is 0 Å². The Morgan fingerprint density at radius 1 is 1.50 bits per heavy atom. The molecule has 1 fully saturated rings. The van der Waals surface area contributed by atoms with E-state index in [4.69, 9.17) is 14.6 Å². The number of carbonyl (C=O) groups excluding carboxylic acids is 1. The van der Waals surface area contributed by atoms with Crippen LogP contribution in [-0.2, 0) is 14.3 Å². The number of hydrogen-bond acceptors (Lipinski definition) is 4. The van der Waals surface area contributed by atoms with Gasteiger partial charge in [-0.15, -0.1) is 0 Å². The molecule has 16 heavy (non-hydrogen) atoms. The van der Waals surface area contributed by atoms with Crippen molar-refractivity contribution >= 4 is 12.0 Å². The van der Waals surface area contributed by atoms with E-state index in [0.717, 1.165) is 0 Å². The lowest BCUT2D eigenvalue weighted by molar-refractivity contribution is -0.135. The highest BCUT2D eigenvalue weighted by atomic mass is 16.5. The third-order valence-electron chi connectivity index (χ3n) is 2.47. The molecule has 2 amide bonds. The second kappa shape index (κ2) is 5.66. The Kier molecular flexibility index (Phi) is 4.51. The molecule has 0 aromatic heterocycles. The molecule has 1 aliphatic heterocycles. The molecule has 7 nitrogen and oxygen atoms in total. The van der Waals surface area contributed by atoms with Crippen LogP contribution in [0.15, 0.2) is 0 Å². The van der Waals surface area contributed by atoms with E-state index in [2.05, 4.69) is 10.6 Å². The van der Waals surface area contributed by atoms with Crippen molar-refractivity contribution < 1.29 is 24.2 Å². The first-order valence-electron chi connectivity index (χ1n) is 4.94. The number of urea groups is 1. The predicted molar refractivity (Wildman–Crippen MR) is 54.2 cm³/mol. The number of rotatable bonds is 5. The van der Waals surface area contributed by atoms with E-state index in [1.54, 1.807) is 7.11 Å². The number of nitrogens with one attached hydrogen (secondary N) is 2. The van der Waals surface area contributed by atoms with Crippen molar-refractivity contribution in [3.63, 3.8) is 0 Å². The van der Waals surface area contributed by atoms with Gasteiger partial charge in [0, 0.05) is 20.1 Å². The van der Waals surface area contributed by atoms with E-state index >= 15 is 0 Å². The molecule has 0 aromatic carbocycles. The van der Waals surface area contributed by atoms with Crippen LogP contribution in [0, 0.1) is 0 Å². The molecule has 1 heterocycles. The Hall–Kier alpha value is -1.34. The minimum Gasteiger partial charge on any atom is -0.480 e. The number of methoxy groups -OCH3 is 1. The molecule has 1 aliphatic rings. The predicted octanol–water partition coefficient (Wildman–Crippen LogP) is -0.824. The third-order valence-corrected chi connectivity index (χ3v) is 2.47. The lowest BCUT2D eigenvalue weighted by atomic mass is 10.0. The second-order valence-electron chi connectivity index (χ2n) is 3.62. The molecule has 7 heteroatoms. The molecule has 1 saturated heterocycles. The average molecular weight is 232 g/mol. The summed E-state index contributed by atoms with van der Waals surface area (Å²) in [5.74, 6) is -1.08. The third kappa shape index (κ3) is 3.67. The zero-order chi connectivity index (χ0) is 12.0. The van der Waals surface area contributed by atoms with Crippen LogP contribution in [0.25, 0.3) is 0 Å². The molecule has 1 atom stereocenters. The quantitative estimate of drug-likeness (QED) is 0.575. The van der Waals surface area contributed by atoms with Crippen molar-refractivity contribution in [3.05, 3.63) is 0 Å². The highest BCUT2D eigenvalue weighted by Gasteiger charge is 2.35. The topological polar surface area (TPSA) is 96.9 Å². The fourth-order valence-corrected chi connectivity index (χ4v) is 1.42. The van der Waals surface area contributed by atoms with Crippen LogP contribution in [0.4, 0.5) is 4.79 Å². The Labute approximate surface area is 93.1 Å². The Morgan fingerprint density at radius 3 is 2.75 bits per heavy atom. The maximum atomic E-state index is 11.2. The standard InChI is InChI=1S/C9H16N2O5/c1-15-9(2-3-16-6-9)5-11-8(14)10-4-7(12)13/h2-6H2,1H3,(H,12,13)(H2,10,11,14). The van der Waals surface area contributed by atoms with E-state index in [1.165, 1.54) is 0 Å². The lowest BCUT2D eigenvalue weighted by Gasteiger charge is -2.25. The minimum atomic E-state index is -1.08. The largest absolute Gasteiger partial charge is 0.480 e. The van der Waals surface area contributed by atoms with Crippen LogP contribution in [0.1, 0.15) is 6.42 Å². The number of amides is 2. The normalized spacial score (nSPS) is 24.1. The molecule has 3 N–H and O–H groups in total. The molecule has 0 radical (unpaired) electrons. The summed E-state index contributed by atoms with van der Waals surface area (Å²) in [5, 5.41) is 13.1. The van der Waals surface area contributed by atoms with Gasteiger partial charge in [0.05, 0.1) is 13.2 Å². The average Bonchev–Trinajstić information content (AvgIpc) is 2.73. The number of carboxylic acid groups (broad SMARTS) is 1. The smallest absolute Gasteiger partial charge is 0.323 e. The summed E-state index contributed by atoms with van der Waals surface area (Å²) in [4.78, 5) is 21.4. The van der Waals surface area contributed by atoms with Crippen LogP contribution in [0.5, 0.6) is 0 Å². The first-order valence-corrected chi connectivity index (χ1v) is 4.94. The van der Waals surface area contributed by atoms with E-state index < -0.39 is 24.1 Å². The fraction of sp³-hybridized carbons (Fsp3) is 0.778. The minimum absolute atomic E-state index is 0.301. The summed E-state index contributed by atoms with van der Waals surface area (Å²) in [7, 11) is 1.56. The van der Waals surface area contributed by atoms with Crippen molar-refractivity contribution in [1.82, 2.24) is 10.6 Å². The van der Waals surface area contributed by atoms with Gasteiger partial charge in [-0.1, -0.05) is 0 Å². The van der Waals surface area contributed by atoms with E-state index in [1.807, 2.05) is 0 Å². The molecule has 0 aliphatic carbocycles. The number of hydrogen-bond donors (Lipinski definition) is 3. The van der Waals surface area contributed by atoms with Crippen molar-refractivity contribution in [2.24, 2.45) is 0 Å². The van der Waals surface area contributed by atoms with Gasteiger partial charge in [0.1, 0.15) is 12.1 Å². The molecule has 0 bridgehead atoms. The van der Waals surface area contributed by atoms with Gasteiger partial charge in [-0.05, 0) is 0 Å². The lowest BCUT2D eigenvalue weighted by Crippen LogP contribution is -2.48. The monoisotopic (exact) mass is 232 g/mol. The molecule has 0 aromatic rings. The van der Waals surface area contributed by atoms with Gasteiger partial charge in [0.25, 0.3) is 0 Å². The van der Waals surface area contributed by atoms with Gasteiger partial charge >= 0.3 is 12.0 Å². The van der Waals surface area contributed by atoms with E-state index in [0.29, 0.717) is 26.2 Å². The van der Waals surface area contributed by atoms with E-state index in [9.17, 15) is 9.59 Å². The number of carboxylic acids is 1. The fourth-order valence-electron chi connectivity index (χ4n) is 1.42. The Bertz CT molecular complexity index is 263. The number of aliphatic carboxylic acids is 1. The highest BCUT2D eigenvalue weighted by Crippen LogP contribution is 2.21. The van der Waals surface area contributed by atoms with Gasteiger partial charge in [-0.2, -0.15) is 0 Å². The SMILES string of the molecule is COC1(CNC(=O)NCC(=O)O)CCOC1. The molecular formula is C9H16N2O5. The summed E-state index contributed by atoms with van der Waals surface area (Å²) >= 11 is 0. The zero-order valence-corrected chi connectivity index (χ0v) is 9.12. The maximum absolute atomic E-state index is 11.2. The molecule has 0 saturated carbocycles. The van der Waals surface area contributed by atoms with Crippen LogP contribution in [-0.4, -0.2) is 56.1 Å². The summed E-state index contributed by atoms with van der Waals surface area (Å²) in [6.45, 7) is 0.937. The van der Waals surface area contributed by atoms with Crippen LogP contribution >= 0.6 is 0 Å². The summed E-state index contributed by atoms with van der Waals surface area (Å²) in [6, 6.07) is -0.522. The van der Waals surface area contributed by atoms with Gasteiger partial charge in [-0.25, -0.2) is 4.79 Å². The van der Waals surface area contributed by atoms with Crippen molar-refractivity contribution in [2.45, 2.75) is 12.0 Å². The molecule has 1 rings (SSSR count). The first kappa shape index (κ1) is 12.7. The van der Waals surface area contributed by atoms with Crippen molar-refractivity contribution in [3.8, 4) is 0 Å². The Morgan fingerprint density at radius 2 is 2.25 bits per heavy atom. The molecular weight excluding hydrogens is 216 g/mol. The highest BCUT2D eigenvalue weighted by molar-refractivity contribution is 5.79. The van der Waals surface area contributed by atoms with Gasteiger partial charge in [0.15, 0.2) is 0 Å². The summed E-state index contributed by atoms with van der Waals surface area (Å²) in [5.41, 5.74) is -0.486. The van der Waals surface area contributed by atoms with Gasteiger partial charge in [0.2, 0.25) is 0 Å². The Balaban J connectivity index is 2.27. The zero-order valence-electron chi connectivity index (χ0n) is 9.12. The van der Waals surface area contributed by atoms with E-state index in [-0.39, 0.29) is 0 Å². The van der Waals surface area contributed by atoms with Crippen molar-refractivity contribution in [1.29, 1.82) is 0 Å². The van der Waals surface area contributed by atoms with Crippen LogP contribution in [0.3, 0.4) is 0 Å². The van der Waals surface area contributed by atoms with Crippen molar-refractivity contribution in [2.75, 3.05) is 33.4 Å². The van der Waals surface area contributed by atoms with Crippen LogP contribution < -0.4 is 10.6 Å². The molecule has 92 valence electrons. The van der Waals surface area contributed by atoms with Gasteiger partial charge in [-0.3, -0.25) is 4.79 Å². The maximum Gasteiger partial charge on any atom is 0.323 e. The second-order valence-corrected chi connectivity index (χ2v) is 3.62. The molecule has 0 spiro atoms. The molecule has 1 unspecified atom stereocenters.